The number of hydrogen-bond acceptors (Lipinski definition) is 6. The van der Waals surface area contributed by atoms with Crippen LogP contribution < -0.4 is 10.6 Å². The zero-order valence-corrected chi connectivity index (χ0v) is 19.1. The summed E-state index contributed by atoms with van der Waals surface area (Å²) in [7, 11) is 0. The molecule has 0 saturated heterocycles. The summed E-state index contributed by atoms with van der Waals surface area (Å²) in [6.07, 6.45) is 3.51. The second-order valence-electron chi connectivity index (χ2n) is 8.00. The molecule has 4 aromatic heterocycles. The number of halogens is 3. The van der Waals surface area contributed by atoms with Crippen LogP contribution in [0.2, 0.25) is 0 Å². The molecule has 3 N–H and O–H groups in total. The first-order valence-corrected chi connectivity index (χ1v) is 11.0. The van der Waals surface area contributed by atoms with Gasteiger partial charge in [0.1, 0.15) is 11.2 Å². The van der Waals surface area contributed by atoms with Crippen LogP contribution in [0.25, 0.3) is 22.3 Å². The van der Waals surface area contributed by atoms with E-state index in [1.54, 1.807) is 41.3 Å². The molecule has 186 valence electrons. The number of pyridine rings is 1. The minimum Gasteiger partial charge on any atom is -0.345 e. The predicted octanol–water partition coefficient (Wildman–Crippen LogP) is 5.15. The van der Waals surface area contributed by atoms with E-state index in [9.17, 15) is 18.0 Å². The topological polar surface area (TPSA) is 113 Å². The molecule has 1 aromatic carbocycles. The van der Waals surface area contributed by atoms with Crippen molar-refractivity contribution in [3.8, 4) is 11.3 Å². The predicted molar refractivity (Wildman–Crippen MR) is 132 cm³/mol. The lowest BCUT2D eigenvalue weighted by molar-refractivity contribution is -0.137. The Labute approximate surface area is 208 Å². The Bertz CT molecular complexity index is 1590. The molecule has 0 fully saturated rings. The third-order valence-electron chi connectivity index (χ3n) is 5.44. The zero-order valence-electron chi connectivity index (χ0n) is 19.1. The fourth-order valence-electron chi connectivity index (χ4n) is 3.72. The number of anilines is 3. The Kier molecular flexibility index (Phi) is 6.14. The van der Waals surface area contributed by atoms with Crippen molar-refractivity contribution in [3.63, 3.8) is 0 Å². The van der Waals surface area contributed by atoms with E-state index in [1.165, 1.54) is 18.5 Å². The van der Waals surface area contributed by atoms with Crippen molar-refractivity contribution in [2.75, 3.05) is 10.6 Å². The molecule has 4 heterocycles. The van der Waals surface area contributed by atoms with Gasteiger partial charge in [0.15, 0.2) is 0 Å². The monoisotopic (exact) mass is 504 g/mol. The summed E-state index contributed by atoms with van der Waals surface area (Å²) in [5.41, 5.74) is 1.57. The molecule has 12 heteroatoms. The third-order valence-corrected chi connectivity index (χ3v) is 5.44. The van der Waals surface area contributed by atoms with Gasteiger partial charge in [0.2, 0.25) is 11.9 Å². The highest BCUT2D eigenvalue weighted by molar-refractivity contribution is 5.98. The minimum atomic E-state index is -4.64. The standard InChI is InChI=1S/C25H19F3N8O/c1-2-21(37)33-16-7-5-15(6-8-16)13-36-14-17(10-32-36)34-24-31-12-20(25(26,27)28)22(35-24)19-11-30-23-18(19)4-3-9-29-23/h2-12,14H,1,13H2,(H,29,30)(H,33,37)(H,31,34,35). The molecule has 37 heavy (non-hydrogen) atoms. The van der Waals surface area contributed by atoms with E-state index in [2.05, 4.69) is 42.2 Å². The fraction of sp³-hybridized carbons (Fsp3) is 0.0800. The van der Waals surface area contributed by atoms with Gasteiger partial charge in [0, 0.05) is 41.4 Å². The Morgan fingerprint density at radius 3 is 2.68 bits per heavy atom. The van der Waals surface area contributed by atoms with Crippen LogP contribution in [0.3, 0.4) is 0 Å². The van der Waals surface area contributed by atoms with E-state index >= 15 is 0 Å². The van der Waals surface area contributed by atoms with Gasteiger partial charge in [0.25, 0.3) is 0 Å². The van der Waals surface area contributed by atoms with E-state index in [0.29, 0.717) is 29.0 Å². The summed E-state index contributed by atoms with van der Waals surface area (Å²) >= 11 is 0. The van der Waals surface area contributed by atoms with Gasteiger partial charge in [-0.2, -0.15) is 18.3 Å². The summed E-state index contributed by atoms with van der Waals surface area (Å²) in [6.45, 7) is 3.84. The number of benzene rings is 1. The summed E-state index contributed by atoms with van der Waals surface area (Å²) in [6, 6.07) is 10.5. The Hall–Kier alpha value is -5.00. The highest BCUT2D eigenvalue weighted by Crippen LogP contribution is 2.38. The molecule has 9 nitrogen and oxygen atoms in total. The lowest BCUT2D eigenvalue weighted by Crippen LogP contribution is -2.11. The first-order valence-electron chi connectivity index (χ1n) is 11.0. The van der Waals surface area contributed by atoms with Crippen molar-refractivity contribution in [1.82, 2.24) is 29.7 Å². The van der Waals surface area contributed by atoms with E-state index in [4.69, 9.17) is 0 Å². The van der Waals surface area contributed by atoms with Gasteiger partial charge in [-0.3, -0.25) is 9.48 Å². The van der Waals surface area contributed by atoms with Crippen LogP contribution in [0.1, 0.15) is 11.1 Å². The number of nitrogens with zero attached hydrogens (tertiary/aromatic N) is 5. The van der Waals surface area contributed by atoms with Crippen LogP contribution >= 0.6 is 0 Å². The average molecular weight is 504 g/mol. The van der Waals surface area contributed by atoms with Crippen molar-refractivity contribution < 1.29 is 18.0 Å². The van der Waals surface area contributed by atoms with Gasteiger partial charge in [-0.25, -0.2) is 15.0 Å². The molecule has 0 aliphatic carbocycles. The average Bonchev–Trinajstić information content (AvgIpc) is 3.51. The summed E-state index contributed by atoms with van der Waals surface area (Å²) in [5, 5.41) is 10.4. The number of fused-ring (bicyclic) bond motifs is 1. The van der Waals surface area contributed by atoms with Gasteiger partial charge < -0.3 is 15.6 Å². The maximum Gasteiger partial charge on any atom is 0.419 e. The largest absolute Gasteiger partial charge is 0.419 e. The molecule has 0 saturated carbocycles. The van der Waals surface area contributed by atoms with E-state index in [0.717, 1.165) is 11.8 Å². The molecule has 0 spiro atoms. The number of hydrogen-bond donors (Lipinski definition) is 3. The molecule has 5 aromatic rings. The molecule has 0 aliphatic heterocycles. The first-order chi connectivity index (χ1) is 17.8. The normalized spacial score (nSPS) is 11.4. The minimum absolute atomic E-state index is 0.0110. The molecule has 0 bridgehead atoms. The Morgan fingerprint density at radius 1 is 1.11 bits per heavy atom. The number of carbonyl (C=O) groups is 1. The van der Waals surface area contributed by atoms with Crippen molar-refractivity contribution in [1.29, 1.82) is 0 Å². The number of aromatic amines is 1. The molecule has 0 radical (unpaired) electrons. The van der Waals surface area contributed by atoms with Crippen molar-refractivity contribution in [2.45, 2.75) is 12.7 Å². The second-order valence-corrected chi connectivity index (χ2v) is 8.00. The van der Waals surface area contributed by atoms with E-state index in [1.807, 2.05) is 12.1 Å². The number of carbonyl (C=O) groups excluding carboxylic acids is 1. The van der Waals surface area contributed by atoms with Crippen LogP contribution in [-0.4, -0.2) is 35.6 Å². The highest BCUT2D eigenvalue weighted by atomic mass is 19.4. The molecule has 0 atom stereocenters. The van der Waals surface area contributed by atoms with Crippen molar-refractivity contribution >= 4 is 34.3 Å². The van der Waals surface area contributed by atoms with Gasteiger partial charge in [-0.1, -0.05) is 18.7 Å². The van der Waals surface area contributed by atoms with E-state index in [-0.39, 0.29) is 23.1 Å². The number of alkyl halides is 3. The summed E-state index contributed by atoms with van der Waals surface area (Å²) in [4.78, 5) is 26.5. The fourth-order valence-corrected chi connectivity index (χ4v) is 3.72. The van der Waals surface area contributed by atoms with Gasteiger partial charge in [0.05, 0.1) is 24.1 Å². The van der Waals surface area contributed by atoms with Crippen LogP contribution in [0.4, 0.5) is 30.5 Å². The molecule has 0 aliphatic rings. The van der Waals surface area contributed by atoms with Crippen LogP contribution in [0, 0.1) is 0 Å². The summed E-state index contributed by atoms with van der Waals surface area (Å²) in [5.74, 6) is -0.311. The second kappa shape index (κ2) is 9.57. The number of amides is 1. The third kappa shape index (κ3) is 5.17. The smallest absolute Gasteiger partial charge is 0.345 e. The number of aromatic nitrogens is 6. The number of nitrogens with one attached hydrogen (secondary N) is 3. The lowest BCUT2D eigenvalue weighted by Gasteiger charge is -2.12. The summed E-state index contributed by atoms with van der Waals surface area (Å²) < 4.78 is 42.9. The van der Waals surface area contributed by atoms with Gasteiger partial charge in [-0.05, 0) is 35.9 Å². The highest BCUT2D eigenvalue weighted by Gasteiger charge is 2.36. The number of H-pyrrole nitrogens is 1. The molecular formula is C25H19F3N8O. The molecular weight excluding hydrogens is 485 g/mol. The van der Waals surface area contributed by atoms with Crippen LogP contribution in [0.5, 0.6) is 0 Å². The molecule has 1 amide bonds. The van der Waals surface area contributed by atoms with Crippen molar-refractivity contribution in [3.05, 3.63) is 91.2 Å². The quantitative estimate of drug-likeness (QED) is 0.264. The van der Waals surface area contributed by atoms with Crippen molar-refractivity contribution in [2.24, 2.45) is 0 Å². The maximum atomic E-state index is 13.8. The van der Waals surface area contributed by atoms with E-state index < -0.39 is 11.7 Å². The molecule has 0 unspecified atom stereocenters. The maximum absolute atomic E-state index is 13.8. The van der Waals surface area contributed by atoms with Crippen LogP contribution in [-0.2, 0) is 17.5 Å². The molecule has 5 rings (SSSR count). The Morgan fingerprint density at radius 2 is 1.92 bits per heavy atom. The SMILES string of the molecule is C=CC(=O)Nc1ccc(Cn2cc(Nc3ncc(C(F)(F)F)c(-c4c[nH]c5ncccc45)n3)cn2)cc1. The zero-order chi connectivity index (χ0) is 26.0. The van der Waals surface area contributed by atoms with Gasteiger partial charge >= 0.3 is 6.18 Å². The van der Waals surface area contributed by atoms with Crippen LogP contribution in [0.15, 0.2) is 80.0 Å². The van der Waals surface area contributed by atoms with Gasteiger partial charge in [-0.15, -0.1) is 0 Å². The Balaban J connectivity index is 1.37. The lowest BCUT2D eigenvalue weighted by atomic mass is 10.1. The number of rotatable bonds is 7. The first kappa shape index (κ1) is 23.7.